The molecule has 2 aliphatic rings. The van der Waals surface area contributed by atoms with E-state index in [1.165, 1.54) is 34.0 Å². The van der Waals surface area contributed by atoms with Crippen LogP contribution in [0.4, 0.5) is 26.4 Å². The maximum absolute atomic E-state index is 13.6. The lowest BCUT2D eigenvalue weighted by molar-refractivity contribution is 0.122. The molecule has 9 aromatic rings. The molecule has 5 heterocycles. The van der Waals surface area contributed by atoms with E-state index < -0.39 is 30.1 Å². The number of morpholine rings is 2. The van der Waals surface area contributed by atoms with Gasteiger partial charge in [0.2, 0.25) is 0 Å². The number of rotatable bonds is 20. The van der Waals surface area contributed by atoms with E-state index in [9.17, 15) is 25.3 Å². The van der Waals surface area contributed by atoms with Crippen molar-refractivity contribution in [2.45, 2.75) is 74.0 Å². The Morgan fingerprint density at radius 3 is 1.20 bits per heavy atom. The minimum atomic E-state index is -3.67. The van der Waals surface area contributed by atoms with Crippen molar-refractivity contribution in [3.05, 3.63) is 167 Å². The van der Waals surface area contributed by atoms with Gasteiger partial charge in [0.15, 0.2) is 0 Å². The number of fused-ring (bicyclic) bond motifs is 3. The Balaban J connectivity index is 0.000000151. The molecule has 0 saturated carbocycles. The van der Waals surface area contributed by atoms with Crippen molar-refractivity contribution in [3.63, 3.8) is 0 Å². The van der Waals surface area contributed by atoms with Crippen LogP contribution in [0.5, 0.6) is 0 Å². The van der Waals surface area contributed by atoms with Crippen molar-refractivity contribution < 1.29 is 34.7 Å². The molecule has 2 aliphatic heterocycles. The van der Waals surface area contributed by atoms with E-state index in [4.69, 9.17) is 9.47 Å². The predicted octanol–water partition coefficient (Wildman–Crippen LogP) is 15.9. The molecule has 13 nitrogen and oxygen atoms in total. The number of hydrogen-bond donors (Lipinski definition) is 0. The second-order valence-corrected chi connectivity index (χ2v) is 30.3. The predicted molar refractivity (Wildman–Crippen MR) is 355 cm³/mol. The third-order valence-corrected chi connectivity index (χ3v) is 25.1. The van der Waals surface area contributed by atoms with Crippen molar-refractivity contribution >= 4 is 153 Å². The monoisotopic (exact) mass is 1360 g/mol. The molecule has 3 aromatic heterocycles. The first-order valence-electron chi connectivity index (χ1n) is 28.0. The molecule has 6 aromatic carbocycles. The molecular formula is C62H69Br2N5O8S6. The van der Waals surface area contributed by atoms with Crippen molar-refractivity contribution in [2.24, 2.45) is 0 Å². The summed E-state index contributed by atoms with van der Waals surface area (Å²) in [5.74, 6) is 0. The summed E-state index contributed by atoms with van der Waals surface area (Å²) >= 11 is 11.6. The van der Waals surface area contributed by atoms with Gasteiger partial charge in [0.05, 0.1) is 45.6 Å². The largest absolute Gasteiger partial charge is 0.378 e. The topological polar surface area (TPSA) is 137 Å². The van der Waals surface area contributed by atoms with Crippen molar-refractivity contribution in [1.29, 1.82) is 0 Å². The highest BCUT2D eigenvalue weighted by molar-refractivity contribution is 9.11. The number of anilines is 5. The number of nitrogens with zero attached hydrogens (tertiary/aromatic N) is 5. The fourth-order valence-electron chi connectivity index (χ4n) is 9.57. The molecule has 2 saturated heterocycles. The van der Waals surface area contributed by atoms with E-state index in [0.717, 1.165) is 130 Å². The highest BCUT2D eigenvalue weighted by Crippen LogP contribution is 2.44. The Bertz CT molecular complexity index is 3840. The summed E-state index contributed by atoms with van der Waals surface area (Å²) in [5.41, 5.74) is 2.06. The van der Waals surface area contributed by atoms with Crippen molar-refractivity contribution in [1.82, 2.24) is 0 Å². The summed E-state index contributed by atoms with van der Waals surface area (Å²) in [6.45, 7) is 13.8. The molecule has 0 aliphatic carbocycles. The van der Waals surface area contributed by atoms with Gasteiger partial charge < -0.3 is 19.3 Å². The van der Waals surface area contributed by atoms with E-state index in [0.29, 0.717) is 60.7 Å². The van der Waals surface area contributed by atoms with E-state index in [1.54, 1.807) is 61.4 Å². The van der Waals surface area contributed by atoms with Crippen molar-refractivity contribution in [3.8, 4) is 0 Å². The number of halogens is 2. The number of unbranched alkanes of at least 4 members (excludes halogenated alkanes) is 3. The number of thiophene rings is 3. The van der Waals surface area contributed by atoms with Gasteiger partial charge in [-0.15, -0.1) is 34.0 Å². The Hall–Kier alpha value is -5.07. The second-order valence-electron chi connectivity index (χ2n) is 19.9. The third kappa shape index (κ3) is 15.0. The number of hydrogen-bond acceptors (Lipinski definition) is 13. The van der Waals surface area contributed by atoms with Crippen LogP contribution in [0.3, 0.4) is 0 Å². The minimum absolute atomic E-state index is 0.319. The van der Waals surface area contributed by atoms with Crippen LogP contribution in [-0.2, 0) is 39.5 Å². The first kappa shape index (κ1) is 62.5. The van der Waals surface area contributed by atoms with Gasteiger partial charge in [-0.1, -0.05) is 111 Å². The first-order valence-corrected chi connectivity index (χ1v) is 36.3. The molecule has 83 heavy (non-hydrogen) atoms. The van der Waals surface area contributed by atoms with Crippen LogP contribution in [-0.4, -0.2) is 97.5 Å². The first-order chi connectivity index (χ1) is 40.1. The van der Waals surface area contributed by atoms with Crippen LogP contribution in [0.1, 0.15) is 59.3 Å². The highest BCUT2D eigenvalue weighted by Gasteiger charge is 2.31. The van der Waals surface area contributed by atoms with E-state index in [-0.39, 0.29) is 0 Å². The maximum Gasteiger partial charge on any atom is 0.264 e. The van der Waals surface area contributed by atoms with E-state index >= 15 is 0 Å². The average molecular weight is 1360 g/mol. The Morgan fingerprint density at radius 1 is 0.446 bits per heavy atom. The van der Waals surface area contributed by atoms with Crippen LogP contribution in [0.15, 0.2) is 181 Å². The van der Waals surface area contributed by atoms with Crippen LogP contribution >= 0.6 is 65.9 Å². The molecule has 0 amide bonds. The zero-order chi connectivity index (χ0) is 58.6. The van der Waals surface area contributed by atoms with E-state index in [2.05, 4.69) is 62.4 Å². The summed E-state index contributed by atoms with van der Waals surface area (Å²) in [6, 6.07) is 49.3. The quantitative estimate of drug-likeness (QED) is 0.0725. The van der Waals surface area contributed by atoms with Crippen LogP contribution < -0.4 is 22.7 Å². The van der Waals surface area contributed by atoms with Crippen LogP contribution in [0.25, 0.3) is 30.3 Å². The normalized spacial score (nSPS) is 14.0. The van der Waals surface area contributed by atoms with Gasteiger partial charge in [0, 0.05) is 81.1 Å². The second kappa shape index (κ2) is 28.9. The van der Waals surface area contributed by atoms with Gasteiger partial charge in [-0.2, -0.15) is 0 Å². The third-order valence-electron chi connectivity index (χ3n) is 14.2. The Labute approximate surface area is 518 Å². The molecule has 0 bridgehead atoms. The molecule has 0 unspecified atom stereocenters. The smallest absolute Gasteiger partial charge is 0.264 e. The zero-order valence-corrected chi connectivity index (χ0v) is 54.8. The lowest BCUT2D eigenvalue weighted by Gasteiger charge is -2.29. The molecule has 21 heteroatoms. The molecule has 0 N–H and O–H groups in total. The van der Waals surface area contributed by atoms with E-state index in [1.807, 2.05) is 109 Å². The molecule has 2 fully saturated rings. The van der Waals surface area contributed by atoms with Gasteiger partial charge in [-0.25, -0.2) is 25.3 Å². The molecule has 440 valence electrons. The minimum Gasteiger partial charge on any atom is -0.378 e. The van der Waals surface area contributed by atoms with Gasteiger partial charge in [-0.3, -0.25) is 12.9 Å². The average Bonchev–Trinajstić information content (AvgIpc) is 3.13. The molecule has 0 atom stereocenters. The Kier molecular flexibility index (Phi) is 21.7. The summed E-state index contributed by atoms with van der Waals surface area (Å²) in [4.78, 5) is 5.42. The van der Waals surface area contributed by atoms with Gasteiger partial charge >= 0.3 is 0 Å². The molecule has 0 radical (unpaired) electrons. The lowest BCUT2D eigenvalue weighted by Crippen LogP contribution is -2.36. The zero-order valence-electron chi connectivity index (χ0n) is 46.7. The number of sulfonamides is 3. The number of benzene rings is 6. The molecular weight excluding hydrogens is 1290 g/mol. The SMILES string of the molecule is CCCCN(c1cc2ccccc2s1)S(=O)(=O)c1ccc(Br)cc1.CCCCN(c1cc2ccccc2s1)S(=O)(=O)c1ccc(N2CCOCC2)cc1.CCCCN(c1sc2ccccc2c1Br)S(=O)(=O)c1ccc(N2CCOCC2)cc1. The van der Waals surface area contributed by atoms with Gasteiger partial charge in [0.1, 0.15) is 15.0 Å². The van der Waals surface area contributed by atoms with Gasteiger partial charge in [-0.05, 0) is 149 Å². The lowest BCUT2D eigenvalue weighted by atomic mass is 10.2. The molecule has 0 spiro atoms. The standard InChI is InChI=1S/C22H25BrN2O3S2.C22H26N2O3S2.C18H18BrNO2S2/c1-2-3-12-25(22-21(23)19-6-4-5-7-20(19)29-22)30(26,27)18-10-8-17(9-11-18)24-13-15-28-16-14-24;1-2-3-12-24(22-17-18-6-4-5-7-21(18)28-22)29(25,26)20-10-8-19(9-11-20)23-13-15-27-16-14-23;1-2-3-12-20(18-13-14-6-4-5-7-17(14)23-18)24(21,22)16-10-8-15(19)9-11-16/h4-11H,2-3,12-16H2,1H3;4-11,17H,2-3,12-16H2,1H3;4-11,13H,2-3,12H2,1H3. The summed E-state index contributed by atoms with van der Waals surface area (Å²) < 4.78 is 101. The fourth-order valence-corrected chi connectivity index (χ4v) is 19.3. The summed E-state index contributed by atoms with van der Waals surface area (Å²) in [6.07, 6.45) is 5.24. The Morgan fingerprint density at radius 2 is 0.807 bits per heavy atom. The summed E-state index contributed by atoms with van der Waals surface area (Å²) in [7, 11) is -10.9. The summed E-state index contributed by atoms with van der Waals surface area (Å²) in [5, 5.41) is 5.47. The number of ether oxygens (including phenoxy) is 2. The highest BCUT2D eigenvalue weighted by atomic mass is 79.9. The van der Waals surface area contributed by atoms with Crippen molar-refractivity contribution in [2.75, 3.05) is 95.0 Å². The van der Waals surface area contributed by atoms with Gasteiger partial charge in [0.25, 0.3) is 30.1 Å². The fraction of sp³-hybridized carbons (Fsp3) is 0.323. The maximum atomic E-state index is 13.6. The van der Waals surface area contributed by atoms with Crippen LogP contribution in [0.2, 0.25) is 0 Å². The van der Waals surface area contributed by atoms with Crippen LogP contribution in [0, 0.1) is 0 Å². The molecule has 11 rings (SSSR count).